The minimum absolute atomic E-state index is 0.671. The highest BCUT2D eigenvalue weighted by Crippen LogP contribution is 2.41. The molecule has 0 spiro atoms. The van der Waals surface area contributed by atoms with Gasteiger partial charge < -0.3 is 0 Å². The van der Waals surface area contributed by atoms with Crippen LogP contribution in [-0.4, -0.2) is 18.0 Å². The van der Waals surface area contributed by atoms with Crippen LogP contribution in [0.3, 0.4) is 0 Å². The number of nitrogens with zero attached hydrogens (tertiary/aromatic N) is 2. The van der Waals surface area contributed by atoms with Crippen molar-refractivity contribution in [3.05, 3.63) is 6.04 Å². The Morgan fingerprint density at radius 3 is 2.60 bits per heavy atom. The molecule has 2 nitrogen and oxygen atoms in total. The topological polar surface area (TPSA) is 27.0 Å². The molecule has 2 rings (SSSR count). The molecule has 2 aliphatic rings. The summed E-state index contributed by atoms with van der Waals surface area (Å²) in [5, 5.41) is 8.49. The molecular formula is C8H11N2. The molecule has 2 heterocycles. The van der Waals surface area contributed by atoms with Gasteiger partial charge in [-0.3, -0.25) is 4.90 Å². The maximum absolute atomic E-state index is 8.49. The first-order valence-corrected chi connectivity index (χ1v) is 3.89. The van der Waals surface area contributed by atoms with Gasteiger partial charge in [-0.2, -0.15) is 5.26 Å². The fourth-order valence-electron chi connectivity index (χ4n) is 2.10. The van der Waals surface area contributed by atoms with Gasteiger partial charge in [-0.15, -0.1) is 0 Å². The molecule has 1 radical (unpaired) electrons. The zero-order chi connectivity index (χ0) is 6.97. The maximum atomic E-state index is 8.49. The van der Waals surface area contributed by atoms with Crippen LogP contribution in [0.25, 0.3) is 0 Å². The van der Waals surface area contributed by atoms with E-state index < -0.39 is 0 Å². The first-order chi connectivity index (χ1) is 4.92. The molecular weight excluding hydrogens is 124 g/mol. The Kier molecular flexibility index (Phi) is 1.39. The summed E-state index contributed by atoms with van der Waals surface area (Å²) < 4.78 is 0. The summed E-state index contributed by atoms with van der Waals surface area (Å²) in [6, 6.07) is 3.65. The van der Waals surface area contributed by atoms with Gasteiger partial charge in [-0.1, -0.05) is 0 Å². The number of hydrogen-bond donors (Lipinski definition) is 0. The molecule has 0 unspecified atom stereocenters. The van der Waals surface area contributed by atoms with Gasteiger partial charge in [-0.05, 0) is 31.8 Å². The molecule has 0 N–H and O–H groups in total. The van der Waals surface area contributed by atoms with Gasteiger partial charge in [0.1, 0.15) is 0 Å². The van der Waals surface area contributed by atoms with Crippen LogP contribution >= 0.6 is 0 Å². The lowest BCUT2D eigenvalue weighted by molar-refractivity contribution is 0.364. The lowest BCUT2D eigenvalue weighted by Crippen LogP contribution is -2.19. The van der Waals surface area contributed by atoms with Crippen molar-refractivity contribution >= 4 is 0 Å². The van der Waals surface area contributed by atoms with E-state index in [1.165, 1.54) is 32.0 Å². The third-order valence-corrected chi connectivity index (χ3v) is 2.63. The van der Waals surface area contributed by atoms with Crippen molar-refractivity contribution < 1.29 is 0 Å². The van der Waals surface area contributed by atoms with E-state index in [0.717, 1.165) is 5.92 Å². The van der Waals surface area contributed by atoms with E-state index in [0.29, 0.717) is 6.42 Å². The Labute approximate surface area is 61.4 Å². The highest BCUT2D eigenvalue weighted by Gasteiger charge is 2.39. The Morgan fingerprint density at radius 2 is 2.20 bits per heavy atom. The molecule has 10 heavy (non-hydrogen) atoms. The van der Waals surface area contributed by atoms with Gasteiger partial charge in [0.05, 0.1) is 18.5 Å². The standard InChI is InChI=1S/C8H11N2/c9-4-1-8-7-2-5-10(8)6-3-7/h7H,1-3,5-6H2. The molecule has 0 aliphatic carbocycles. The molecule has 2 aliphatic heterocycles. The van der Waals surface area contributed by atoms with Crippen LogP contribution in [0.15, 0.2) is 0 Å². The second-order valence-corrected chi connectivity index (χ2v) is 3.09. The number of hydrogen-bond acceptors (Lipinski definition) is 2. The summed E-state index contributed by atoms with van der Waals surface area (Å²) in [6.07, 6.45) is 3.28. The van der Waals surface area contributed by atoms with Crippen molar-refractivity contribution in [3.63, 3.8) is 0 Å². The minimum atomic E-state index is 0.671. The molecule has 0 saturated carbocycles. The summed E-state index contributed by atoms with van der Waals surface area (Å²) in [7, 11) is 0. The summed E-state index contributed by atoms with van der Waals surface area (Å²) >= 11 is 0. The number of fused-ring (bicyclic) bond motifs is 2. The zero-order valence-corrected chi connectivity index (χ0v) is 6.01. The van der Waals surface area contributed by atoms with Gasteiger partial charge in [-0.25, -0.2) is 0 Å². The van der Waals surface area contributed by atoms with Crippen LogP contribution < -0.4 is 0 Å². The van der Waals surface area contributed by atoms with Crippen LogP contribution in [0.2, 0.25) is 0 Å². The highest BCUT2D eigenvalue weighted by atomic mass is 15.2. The largest absolute Gasteiger partial charge is 0.294 e. The number of rotatable bonds is 1. The fraction of sp³-hybridized carbons (Fsp3) is 0.750. The van der Waals surface area contributed by atoms with E-state index >= 15 is 0 Å². The average Bonchev–Trinajstić information content (AvgIpc) is 2.50. The number of piperidine rings is 1. The van der Waals surface area contributed by atoms with E-state index in [4.69, 9.17) is 5.26 Å². The molecule has 0 aromatic rings. The first kappa shape index (κ1) is 6.18. The van der Waals surface area contributed by atoms with Crippen molar-refractivity contribution in [2.75, 3.05) is 13.1 Å². The van der Waals surface area contributed by atoms with E-state index in [1.54, 1.807) is 0 Å². The summed E-state index contributed by atoms with van der Waals surface area (Å²) in [6.45, 7) is 2.42. The average molecular weight is 135 g/mol. The van der Waals surface area contributed by atoms with Crippen LogP contribution in [-0.2, 0) is 0 Å². The molecule has 2 bridgehead atoms. The first-order valence-electron chi connectivity index (χ1n) is 3.89. The Bertz CT molecular complexity index is 151. The summed E-state index contributed by atoms with van der Waals surface area (Å²) in [5.41, 5.74) is 0. The molecule has 0 atom stereocenters. The van der Waals surface area contributed by atoms with E-state index in [1.807, 2.05) is 0 Å². The predicted molar refractivity (Wildman–Crippen MR) is 37.8 cm³/mol. The quantitative estimate of drug-likeness (QED) is 0.539. The normalized spacial score (nSPS) is 38.3. The van der Waals surface area contributed by atoms with E-state index in [9.17, 15) is 0 Å². The lowest BCUT2D eigenvalue weighted by atomic mass is 9.98. The summed E-state index contributed by atoms with van der Waals surface area (Å²) in [4.78, 5) is 2.38. The zero-order valence-electron chi connectivity index (χ0n) is 6.01. The van der Waals surface area contributed by atoms with Crippen LogP contribution in [0.1, 0.15) is 19.3 Å². The molecule has 0 amide bonds. The predicted octanol–water partition coefficient (Wildman–Crippen LogP) is 1.16. The lowest BCUT2D eigenvalue weighted by Gasteiger charge is -2.13. The molecule has 2 saturated heterocycles. The van der Waals surface area contributed by atoms with Gasteiger partial charge in [0, 0.05) is 0 Å². The number of nitriles is 1. The smallest absolute Gasteiger partial charge is 0.0642 e. The van der Waals surface area contributed by atoms with Crippen molar-refractivity contribution in [2.45, 2.75) is 19.3 Å². The van der Waals surface area contributed by atoms with Crippen molar-refractivity contribution in [3.8, 4) is 6.07 Å². The Balaban J connectivity index is 2.04. The third kappa shape index (κ3) is 0.741. The molecule has 0 aromatic carbocycles. The van der Waals surface area contributed by atoms with Crippen LogP contribution in [0.4, 0.5) is 0 Å². The van der Waals surface area contributed by atoms with Crippen molar-refractivity contribution in [2.24, 2.45) is 5.92 Å². The SMILES string of the molecule is N#CC[C]1C2CCN1CC2. The van der Waals surface area contributed by atoms with E-state index in [2.05, 4.69) is 11.0 Å². The van der Waals surface area contributed by atoms with Gasteiger partial charge in [0.2, 0.25) is 0 Å². The second kappa shape index (κ2) is 2.25. The summed E-state index contributed by atoms with van der Waals surface area (Å²) in [5.74, 6) is 0.777. The third-order valence-electron chi connectivity index (χ3n) is 2.63. The molecule has 53 valence electrons. The van der Waals surface area contributed by atoms with Crippen LogP contribution in [0.5, 0.6) is 0 Å². The van der Waals surface area contributed by atoms with Crippen LogP contribution in [0, 0.1) is 23.3 Å². The molecule has 2 heteroatoms. The van der Waals surface area contributed by atoms with Gasteiger partial charge in [0.25, 0.3) is 0 Å². The maximum Gasteiger partial charge on any atom is 0.0642 e. The molecule has 0 aromatic heterocycles. The Morgan fingerprint density at radius 1 is 1.50 bits per heavy atom. The van der Waals surface area contributed by atoms with Crippen molar-refractivity contribution in [1.82, 2.24) is 4.90 Å². The molecule has 2 fully saturated rings. The van der Waals surface area contributed by atoms with Gasteiger partial charge >= 0.3 is 0 Å². The van der Waals surface area contributed by atoms with Crippen molar-refractivity contribution in [1.29, 1.82) is 5.26 Å². The highest BCUT2D eigenvalue weighted by molar-refractivity contribution is 5.11. The second-order valence-electron chi connectivity index (χ2n) is 3.09. The Hall–Kier alpha value is -0.550. The van der Waals surface area contributed by atoms with E-state index in [-0.39, 0.29) is 0 Å². The minimum Gasteiger partial charge on any atom is -0.294 e. The fourth-order valence-corrected chi connectivity index (χ4v) is 2.10. The monoisotopic (exact) mass is 135 g/mol. The van der Waals surface area contributed by atoms with Gasteiger partial charge in [0.15, 0.2) is 0 Å².